The van der Waals surface area contributed by atoms with Crippen molar-refractivity contribution in [3.05, 3.63) is 166 Å². The van der Waals surface area contributed by atoms with Crippen LogP contribution in [0.5, 0.6) is 11.5 Å². The first-order chi connectivity index (χ1) is 38.8. The molecule has 0 aliphatic heterocycles. The molecule has 0 aromatic heterocycles. The summed E-state index contributed by atoms with van der Waals surface area (Å²) in [5.74, 6) is 0.0255. The molecule has 23 heteroatoms. The molecule has 0 heterocycles. The van der Waals surface area contributed by atoms with Crippen molar-refractivity contribution >= 4 is 103 Å². The van der Waals surface area contributed by atoms with Gasteiger partial charge in [-0.25, -0.2) is 0 Å². The second-order valence-corrected chi connectivity index (χ2v) is 24.1. The molecule has 0 saturated carbocycles. The third kappa shape index (κ3) is 15.2. The Morgan fingerprint density at radius 1 is 0.427 bits per heavy atom. The number of azo groups is 4. The highest BCUT2D eigenvalue weighted by Crippen LogP contribution is 2.39. The van der Waals surface area contributed by atoms with Gasteiger partial charge in [-0.1, -0.05) is 49.4 Å². The smallest absolute Gasteiger partial charge is 0.294 e. The van der Waals surface area contributed by atoms with Crippen LogP contribution in [0.3, 0.4) is 0 Å². The summed E-state index contributed by atoms with van der Waals surface area (Å²) in [6.45, 7) is 13.3. The predicted octanol–water partition coefficient (Wildman–Crippen LogP) is 15.8. The highest BCUT2D eigenvalue weighted by molar-refractivity contribution is 7.86. The number of hydrogen-bond acceptors (Lipinski definition) is 17. The molecule has 0 spiro atoms. The Balaban J connectivity index is 1.01. The molecule has 0 radical (unpaired) electrons. The quantitative estimate of drug-likeness (QED) is 0.0324. The Labute approximate surface area is 475 Å². The van der Waals surface area contributed by atoms with Gasteiger partial charge >= 0.3 is 0 Å². The first kappa shape index (κ1) is 59.8. The fourth-order valence-corrected chi connectivity index (χ4v) is 10.3. The number of fused-ring (bicyclic) bond motifs is 2. The summed E-state index contributed by atoms with van der Waals surface area (Å²) >= 11 is 0. The molecule has 0 amide bonds. The van der Waals surface area contributed by atoms with Crippen LogP contribution in [0.25, 0.3) is 21.5 Å². The summed E-state index contributed by atoms with van der Waals surface area (Å²) in [6, 6.07) is 33.8. The monoisotopic (exact) mass is 1170 g/mol. The summed E-state index contributed by atoms with van der Waals surface area (Å²) in [6.07, 6.45) is 0.586. The maximum absolute atomic E-state index is 14.1. The van der Waals surface area contributed by atoms with Gasteiger partial charge in [0.15, 0.2) is 0 Å². The normalized spacial score (nSPS) is 12.5. The van der Waals surface area contributed by atoms with Gasteiger partial charge in [-0.05, 0) is 165 Å². The van der Waals surface area contributed by atoms with E-state index in [-0.39, 0.29) is 53.9 Å². The summed E-state index contributed by atoms with van der Waals surface area (Å²) in [7, 11) is -13.7. The second kappa shape index (κ2) is 25.2. The van der Waals surface area contributed by atoms with Gasteiger partial charge in [-0.3, -0.25) is 18.5 Å². The minimum atomic E-state index is -4.76. The van der Waals surface area contributed by atoms with E-state index in [0.29, 0.717) is 80.7 Å². The van der Waals surface area contributed by atoms with Crippen molar-refractivity contribution in [1.82, 2.24) is 0 Å². The van der Waals surface area contributed by atoms with E-state index in [9.17, 15) is 43.7 Å². The van der Waals surface area contributed by atoms with Gasteiger partial charge in [-0.2, -0.15) is 55.9 Å². The van der Waals surface area contributed by atoms with Crippen LogP contribution in [-0.4, -0.2) is 63.7 Å². The molecule has 8 aromatic carbocycles. The highest BCUT2D eigenvalue weighted by atomic mass is 32.2. The Kier molecular flexibility index (Phi) is 18.4. The van der Waals surface area contributed by atoms with Gasteiger partial charge in [0.05, 0.1) is 74.3 Å². The van der Waals surface area contributed by atoms with Crippen LogP contribution in [0.4, 0.5) is 45.5 Å². The number of benzene rings is 8. The summed E-state index contributed by atoms with van der Waals surface area (Å²) in [5.41, 5.74) is 9.35. The molecule has 20 nitrogen and oxygen atoms in total. The van der Waals surface area contributed by atoms with E-state index in [1.54, 1.807) is 51.1 Å². The van der Waals surface area contributed by atoms with Crippen LogP contribution in [0.15, 0.2) is 172 Å². The van der Waals surface area contributed by atoms with E-state index in [1.807, 2.05) is 88.4 Å². The van der Waals surface area contributed by atoms with E-state index in [2.05, 4.69) is 40.9 Å². The third-order valence-electron chi connectivity index (χ3n) is 13.1. The van der Waals surface area contributed by atoms with Crippen LogP contribution < -0.4 is 9.47 Å². The van der Waals surface area contributed by atoms with Crippen LogP contribution >= 0.6 is 0 Å². The van der Waals surface area contributed by atoms with E-state index < -0.39 is 45.9 Å². The van der Waals surface area contributed by atoms with E-state index in [4.69, 9.17) is 9.47 Å². The maximum Gasteiger partial charge on any atom is 0.294 e. The number of aryl methyl sites for hydroxylation is 6. The first-order valence-corrected chi connectivity index (χ1v) is 30.2. The van der Waals surface area contributed by atoms with Gasteiger partial charge in [0.2, 0.25) is 0 Å². The number of ketones is 1. The number of hydrogen-bond donors (Lipinski definition) is 3. The molecular weight excluding hydrogens is 1110 g/mol. The lowest BCUT2D eigenvalue weighted by Gasteiger charge is -2.15. The standard InChI is InChI=1S/C59H58N8O12S3/c1-8-19-78-58-33-55(65-62-52-25-37(4)51(24-38(52)5)61-60-50-16-11-14-41-13-9-10-15-48(41)50)35(2)22-43(58)28-45(68)29-44-23-36(3)56(34-59(44)79-20-12-21-80(69,70)71)66-63-53-26-40(7)54(27-39(53)6)64-67-57-32-47(82(75,76)77)31-42-30-46(81(72,73)74)17-18-49(42)57/h9-11,13-18,22-27,30-34H,8,12,19-21,28-29H2,1-7H3,(H,69,70,71)(H,72,73,74)(H,75,76,77). The molecule has 0 aliphatic rings. The Hall–Kier alpha value is -8.32. The molecule has 82 heavy (non-hydrogen) atoms. The topological polar surface area (TPSA) is 298 Å². The van der Waals surface area contributed by atoms with Crippen LogP contribution in [0.1, 0.15) is 64.3 Å². The Morgan fingerprint density at radius 3 is 1.33 bits per heavy atom. The van der Waals surface area contributed by atoms with E-state index in [1.165, 1.54) is 6.07 Å². The molecule has 8 aromatic rings. The Morgan fingerprint density at radius 2 is 0.841 bits per heavy atom. The van der Waals surface area contributed by atoms with Crippen molar-refractivity contribution in [3.63, 3.8) is 0 Å². The van der Waals surface area contributed by atoms with Crippen molar-refractivity contribution < 1.29 is 53.2 Å². The molecule has 0 saturated heterocycles. The zero-order valence-electron chi connectivity index (χ0n) is 45.8. The zero-order chi connectivity index (χ0) is 59.1. The van der Waals surface area contributed by atoms with Crippen LogP contribution in [-0.2, 0) is 48.0 Å². The maximum atomic E-state index is 14.1. The summed E-state index contributed by atoms with van der Waals surface area (Å²) in [4.78, 5) is 13.0. The molecule has 8 rings (SSSR count). The third-order valence-corrected chi connectivity index (χ3v) is 15.6. The number of carbonyl (C=O) groups is 1. The van der Waals surface area contributed by atoms with Crippen LogP contribution in [0, 0.1) is 41.5 Å². The van der Waals surface area contributed by atoms with Crippen molar-refractivity contribution in [2.45, 2.75) is 83.9 Å². The molecule has 0 atom stereocenters. The lowest BCUT2D eigenvalue weighted by molar-refractivity contribution is -0.117. The average molecular weight is 1170 g/mol. The number of carbonyl (C=O) groups excluding carboxylic acids is 1. The minimum Gasteiger partial charge on any atom is -0.493 e. The van der Waals surface area contributed by atoms with Gasteiger partial charge in [0.1, 0.15) is 17.3 Å². The van der Waals surface area contributed by atoms with Gasteiger partial charge in [-0.15, -0.1) is 10.2 Å². The summed E-state index contributed by atoms with van der Waals surface area (Å²) < 4.78 is 112. The van der Waals surface area contributed by atoms with Crippen molar-refractivity contribution in [2.75, 3.05) is 19.0 Å². The highest BCUT2D eigenvalue weighted by Gasteiger charge is 2.20. The predicted molar refractivity (Wildman–Crippen MR) is 313 cm³/mol. The average Bonchev–Trinajstić information content (AvgIpc) is 3.62. The van der Waals surface area contributed by atoms with Crippen molar-refractivity contribution in [3.8, 4) is 11.5 Å². The fraction of sp³-hybridized carbons (Fsp3) is 0.237. The largest absolute Gasteiger partial charge is 0.493 e. The molecular formula is C59H58N8O12S3. The number of nitrogens with zero attached hydrogens (tertiary/aromatic N) is 8. The van der Waals surface area contributed by atoms with Gasteiger partial charge in [0.25, 0.3) is 30.4 Å². The first-order valence-electron chi connectivity index (χ1n) is 25.7. The van der Waals surface area contributed by atoms with Gasteiger partial charge in [0, 0.05) is 46.9 Å². The van der Waals surface area contributed by atoms with Crippen molar-refractivity contribution in [2.24, 2.45) is 40.9 Å². The molecule has 0 bridgehead atoms. The second-order valence-electron chi connectivity index (χ2n) is 19.6. The number of Topliss-reactive ketones (excluding diaryl/α,β-unsaturated/α-hetero) is 1. The minimum absolute atomic E-state index is 0.00721. The number of ether oxygens (including phenoxy) is 2. The molecule has 0 fully saturated rings. The van der Waals surface area contributed by atoms with Crippen molar-refractivity contribution in [1.29, 1.82) is 0 Å². The fourth-order valence-electron chi connectivity index (χ4n) is 8.78. The molecule has 424 valence electrons. The van der Waals surface area contributed by atoms with E-state index >= 15 is 0 Å². The van der Waals surface area contributed by atoms with Gasteiger partial charge < -0.3 is 9.47 Å². The van der Waals surface area contributed by atoms with Crippen LogP contribution in [0.2, 0.25) is 0 Å². The SMILES string of the molecule is CCCOc1cc(N=Nc2cc(C)c(N=Nc3cccc4ccccc34)cc2C)c(C)cc1CC(=O)Cc1cc(C)c(N=Nc2cc(C)c(N=Nc3cc(S(=O)(=O)O)cc4cc(S(=O)(=O)O)ccc34)cc2C)cc1OCCCS(=O)(=O)O. The molecule has 0 aliphatic carbocycles. The lowest BCUT2D eigenvalue weighted by atomic mass is 9.98. The zero-order valence-corrected chi connectivity index (χ0v) is 48.3. The summed E-state index contributed by atoms with van der Waals surface area (Å²) in [5, 5.41) is 38.5. The Bertz CT molecular complexity index is 4290. The number of rotatable bonds is 22. The van der Waals surface area contributed by atoms with E-state index in [0.717, 1.165) is 57.4 Å². The lowest BCUT2D eigenvalue weighted by Crippen LogP contribution is -2.12. The molecule has 3 N–H and O–H groups in total. The molecule has 0 unspecified atom stereocenters.